The van der Waals surface area contributed by atoms with Crippen LogP contribution in [0.25, 0.3) is 5.69 Å². The van der Waals surface area contributed by atoms with Crippen LogP contribution >= 0.6 is 11.8 Å². The molecule has 1 saturated heterocycles. The van der Waals surface area contributed by atoms with Gasteiger partial charge in [-0.2, -0.15) is 16.9 Å². The number of rotatable bonds is 6. The van der Waals surface area contributed by atoms with E-state index in [9.17, 15) is 0 Å². The van der Waals surface area contributed by atoms with Crippen LogP contribution in [0.15, 0.2) is 47.7 Å². The number of benzene rings is 1. The van der Waals surface area contributed by atoms with Crippen LogP contribution in [-0.4, -0.2) is 39.8 Å². The largest absolute Gasteiger partial charge is 0.357 e. The van der Waals surface area contributed by atoms with Gasteiger partial charge >= 0.3 is 0 Å². The van der Waals surface area contributed by atoms with E-state index in [1.54, 1.807) is 6.20 Å². The third-order valence-corrected chi connectivity index (χ3v) is 5.41. The van der Waals surface area contributed by atoms with Gasteiger partial charge in [-0.3, -0.25) is 0 Å². The summed E-state index contributed by atoms with van der Waals surface area (Å²) in [5, 5.41) is 11.9. The molecule has 2 aromatic rings. The Morgan fingerprint density at radius 2 is 2.25 bits per heavy atom. The second-order valence-corrected chi connectivity index (χ2v) is 7.20. The molecular formula is C18H25N5S. The third kappa shape index (κ3) is 4.54. The molecule has 0 saturated carbocycles. The predicted molar refractivity (Wildman–Crippen MR) is 102 cm³/mol. The van der Waals surface area contributed by atoms with Gasteiger partial charge in [0.2, 0.25) is 0 Å². The average molecular weight is 344 g/mol. The fourth-order valence-electron chi connectivity index (χ4n) is 2.80. The van der Waals surface area contributed by atoms with E-state index < -0.39 is 0 Å². The van der Waals surface area contributed by atoms with E-state index in [-0.39, 0.29) is 0 Å². The second kappa shape index (κ2) is 8.78. The fourth-order valence-corrected chi connectivity index (χ4v) is 4.00. The number of nitrogens with one attached hydrogen (secondary N) is 2. The average Bonchev–Trinajstić information content (AvgIpc) is 3.31. The lowest BCUT2D eigenvalue weighted by molar-refractivity contribution is 0.726. The van der Waals surface area contributed by atoms with Crippen molar-refractivity contribution < 1.29 is 0 Å². The van der Waals surface area contributed by atoms with Crippen molar-refractivity contribution >= 4 is 17.7 Å². The number of aliphatic imine (C=N–C) groups is 1. The van der Waals surface area contributed by atoms with Gasteiger partial charge < -0.3 is 10.6 Å². The zero-order valence-corrected chi connectivity index (χ0v) is 14.9. The quantitative estimate of drug-likeness (QED) is 0.625. The lowest BCUT2D eigenvalue weighted by Crippen LogP contribution is -2.40. The Kier molecular flexibility index (Phi) is 6.18. The van der Waals surface area contributed by atoms with Crippen LogP contribution in [-0.2, 0) is 6.54 Å². The molecule has 3 rings (SSSR count). The molecule has 0 radical (unpaired) electrons. The normalized spacial score (nSPS) is 17.9. The maximum absolute atomic E-state index is 4.76. The lowest BCUT2D eigenvalue weighted by Gasteiger charge is -2.15. The molecule has 128 valence electrons. The number of nitrogens with zero attached hydrogens (tertiary/aromatic N) is 3. The molecule has 0 spiro atoms. The van der Waals surface area contributed by atoms with Crippen LogP contribution in [0.2, 0.25) is 0 Å². The highest BCUT2D eigenvalue weighted by molar-refractivity contribution is 8.00. The molecule has 6 heteroatoms. The minimum atomic E-state index is 0.628. The molecule has 1 fully saturated rings. The lowest BCUT2D eigenvalue weighted by atomic mass is 10.2. The van der Waals surface area contributed by atoms with E-state index >= 15 is 0 Å². The Morgan fingerprint density at radius 3 is 3.00 bits per heavy atom. The van der Waals surface area contributed by atoms with Gasteiger partial charge in [0.1, 0.15) is 0 Å². The van der Waals surface area contributed by atoms with Crippen molar-refractivity contribution in [1.82, 2.24) is 20.4 Å². The van der Waals surface area contributed by atoms with E-state index in [2.05, 4.69) is 46.6 Å². The minimum Gasteiger partial charge on any atom is -0.357 e. The van der Waals surface area contributed by atoms with E-state index in [4.69, 9.17) is 4.99 Å². The van der Waals surface area contributed by atoms with Crippen molar-refractivity contribution in [1.29, 1.82) is 0 Å². The molecule has 2 N–H and O–H groups in total. The number of para-hydroxylation sites is 1. The maximum atomic E-state index is 4.76. The van der Waals surface area contributed by atoms with E-state index in [1.807, 2.05) is 29.1 Å². The van der Waals surface area contributed by atoms with Gasteiger partial charge in [0.15, 0.2) is 5.96 Å². The van der Waals surface area contributed by atoms with Crippen LogP contribution < -0.4 is 10.6 Å². The molecule has 0 amide bonds. The van der Waals surface area contributed by atoms with Gasteiger partial charge in [-0.1, -0.05) is 18.2 Å². The fraction of sp³-hybridized carbons (Fsp3) is 0.444. The molecule has 1 atom stereocenters. The summed E-state index contributed by atoms with van der Waals surface area (Å²) in [5.41, 5.74) is 2.24. The molecule has 1 aromatic carbocycles. The van der Waals surface area contributed by atoms with Crippen molar-refractivity contribution in [2.24, 2.45) is 4.99 Å². The van der Waals surface area contributed by atoms with E-state index in [1.165, 1.54) is 18.6 Å². The molecular weight excluding hydrogens is 318 g/mol. The van der Waals surface area contributed by atoms with Crippen LogP contribution in [0.3, 0.4) is 0 Å². The number of thioether (sulfide) groups is 1. The number of guanidine groups is 1. The molecule has 0 bridgehead atoms. The Balaban J connectivity index is 1.67. The van der Waals surface area contributed by atoms with Gasteiger partial charge in [0.25, 0.3) is 0 Å². The highest BCUT2D eigenvalue weighted by Gasteiger charge is 2.15. The monoisotopic (exact) mass is 343 g/mol. The third-order valence-electron chi connectivity index (χ3n) is 4.02. The summed E-state index contributed by atoms with van der Waals surface area (Å²) in [6, 6.07) is 10.2. The van der Waals surface area contributed by atoms with Gasteiger partial charge in [0, 0.05) is 30.7 Å². The van der Waals surface area contributed by atoms with Gasteiger partial charge in [-0.25, -0.2) is 9.67 Å². The topological polar surface area (TPSA) is 54.2 Å². The second-order valence-electron chi connectivity index (χ2n) is 5.79. The van der Waals surface area contributed by atoms with Gasteiger partial charge in [-0.15, -0.1) is 0 Å². The Labute approximate surface area is 147 Å². The van der Waals surface area contributed by atoms with Crippen molar-refractivity contribution in [3.05, 3.63) is 48.3 Å². The molecule has 0 aliphatic carbocycles. The summed E-state index contributed by atoms with van der Waals surface area (Å²) < 4.78 is 1.89. The van der Waals surface area contributed by atoms with Crippen LogP contribution in [0, 0.1) is 0 Å². The van der Waals surface area contributed by atoms with Crippen LogP contribution in [0.1, 0.15) is 25.3 Å². The van der Waals surface area contributed by atoms with E-state index in [0.717, 1.165) is 30.3 Å². The van der Waals surface area contributed by atoms with Crippen LogP contribution in [0.4, 0.5) is 0 Å². The summed E-state index contributed by atoms with van der Waals surface area (Å²) in [4.78, 5) is 4.76. The summed E-state index contributed by atoms with van der Waals surface area (Å²) >= 11 is 2.06. The molecule has 1 aliphatic rings. The highest BCUT2D eigenvalue weighted by atomic mass is 32.2. The number of hydrogen-bond donors (Lipinski definition) is 2. The number of aromatic nitrogens is 2. The first-order valence-corrected chi connectivity index (χ1v) is 9.63. The SMILES string of the molecule is CCNC(=NCc1ccccc1-n1cccn1)NCC1CCCS1. The van der Waals surface area contributed by atoms with Gasteiger partial charge in [-0.05, 0) is 43.2 Å². The van der Waals surface area contributed by atoms with E-state index in [0.29, 0.717) is 11.8 Å². The zero-order valence-electron chi connectivity index (χ0n) is 14.1. The maximum Gasteiger partial charge on any atom is 0.191 e. The van der Waals surface area contributed by atoms with Crippen molar-refractivity contribution in [2.45, 2.75) is 31.6 Å². The minimum absolute atomic E-state index is 0.628. The van der Waals surface area contributed by atoms with Crippen LogP contribution in [0.5, 0.6) is 0 Å². The molecule has 24 heavy (non-hydrogen) atoms. The number of hydrogen-bond acceptors (Lipinski definition) is 3. The Morgan fingerprint density at radius 1 is 1.33 bits per heavy atom. The summed E-state index contributed by atoms with van der Waals surface area (Å²) in [6.07, 6.45) is 6.40. The highest BCUT2D eigenvalue weighted by Crippen LogP contribution is 2.25. The summed E-state index contributed by atoms with van der Waals surface area (Å²) in [6.45, 7) is 4.57. The predicted octanol–water partition coefficient (Wildman–Crippen LogP) is 2.82. The molecule has 1 aromatic heterocycles. The van der Waals surface area contributed by atoms with Crippen molar-refractivity contribution in [3.63, 3.8) is 0 Å². The molecule has 2 heterocycles. The van der Waals surface area contributed by atoms with Crippen molar-refractivity contribution in [2.75, 3.05) is 18.8 Å². The van der Waals surface area contributed by atoms with Gasteiger partial charge in [0.05, 0.1) is 12.2 Å². The van der Waals surface area contributed by atoms with Crippen molar-refractivity contribution in [3.8, 4) is 5.69 Å². The summed E-state index contributed by atoms with van der Waals surface area (Å²) in [7, 11) is 0. The Hall–Kier alpha value is -1.95. The summed E-state index contributed by atoms with van der Waals surface area (Å²) in [5.74, 6) is 2.18. The molecule has 1 unspecified atom stereocenters. The molecule has 1 aliphatic heterocycles. The smallest absolute Gasteiger partial charge is 0.191 e. The first-order valence-electron chi connectivity index (χ1n) is 8.58. The zero-order chi connectivity index (χ0) is 16.6. The first-order chi connectivity index (χ1) is 11.9. The molecule has 5 nitrogen and oxygen atoms in total. The first kappa shape index (κ1) is 16.9. The Bertz CT molecular complexity index is 647. The standard InChI is InChI=1S/C18H25N5S/c1-2-19-18(21-14-16-8-5-12-24-16)20-13-15-7-3-4-9-17(15)23-11-6-10-22-23/h3-4,6-7,9-11,16H,2,5,8,12-14H2,1H3,(H2,19,20,21).